The molecule has 0 bridgehead atoms. The van der Waals surface area contributed by atoms with Gasteiger partial charge in [-0.1, -0.05) is 18.2 Å². The number of carboxylic acid groups (broad SMARTS) is 1. The second-order valence-corrected chi connectivity index (χ2v) is 9.35. The number of aliphatic imine (C=N–C) groups is 1. The highest BCUT2D eigenvalue weighted by Crippen LogP contribution is 2.19. The fraction of sp³-hybridized carbons (Fsp3) is 0.480. The maximum Gasteiger partial charge on any atom is 0.326 e. The fourth-order valence-corrected chi connectivity index (χ4v) is 4.35. The topological polar surface area (TPSA) is 217 Å². The number of nitrogens with two attached hydrogens (primary N) is 2. The minimum atomic E-state index is -1.20. The lowest BCUT2D eigenvalue weighted by molar-refractivity contribution is -0.142. The normalized spacial score (nSPS) is 17.2. The van der Waals surface area contributed by atoms with Crippen LogP contribution in [0.15, 0.2) is 35.5 Å². The highest BCUT2D eigenvalue weighted by Gasteiger charge is 2.30. The molecule has 3 rings (SSSR count). The van der Waals surface area contributed by atoms with E-state index in [1.807, 2.05) is 24.3 Å². The first kappa shape index (κ1) is 28.4. The van der Waals surface area contributed by atoms with Crippen molar-refractivity contribution in [1.82, 2.24) is 26.3 Å². The van der Waals surface area contributed by atoms with E-state index in [1.54, 1.807) is 6.20 Å². The van der Waals surface area contributed by atoms with Gasteiger partial charge in [0.15, 0.2) is 5.96 Å². The number of fused-ring (bicyclic) bond motifs is 1. The summed E-state index contributed by atoms with van der Waals surface area (Å²) in [5.41, 5.74) is 12.3. The molecule has 2 aromatic rings. The van der Waals surface area contributed by atoms with Crippen LogP contribution in [0.5, 0.6) is 0 Å². The molecule has 1 aromatic heterocycles. The lowest BCUT2D eigenvalue weighted by Gasteiger charge is -2.23. The molecule has 13 heteroatoms. The molecule has 0 radical (unpaired) electrons. The molecule has 2 heterocycles. The lowest BCUT2D eigenvalue weighted by atomic mass is 10.0. The third-order valence-corrected chi connectivity index (χ3v) is 6.42. The SMILES string of the molecule is CC(NC(=O)C(CCCN=C(N)N)NC(=O)C1CCCN1)C(=O)NC(Cc1c[nH]c2ccccc12)C(=O)O. The molecular formula is C25H36N8O5. The van der Waals surface area contributed by atoms with Crippen LogP contribution < -0.4 is 32.7 Å². The third-order valence-electron chi connectivity index (χ3n) is 6.42. The third kappa shape index (κ3) is 7.93. The zero-order valence-corrected chi connectivity index (χ0v) is 21.3. The number of para-hydroxylation sites is 1. The minimum Gasteiger partial charge on any atom is -0.480 e. The Hall–Kier alpha value is -4.13. The lowest BCUT2D eigenvalue weighted by Crippen LogP contribution is -2.56. The van der Waals surface area contributed by atoms with Crippen LogP contribution in [0.1, 0.15) is 38.2 Å². The fourth-order valence-electron chi connectivity index (χ4n) is 4.35. The molecule has 3 amide bonds. The molecule has 4 atom stereocenters. The molecule has 1 aromatic carbocycles. The van der Waals surface area contributed by atoms with Crippen LogP contribution in [0.4, 0.5) is 0 Å². The molecule has 206 valence electrons. The van der Waals surface area contributed by atoms with Crippen LogP contribution in [-0.4, -0.2) is 77.0 Å². The van der Waals surface area contributed by atoms with E-state index in [1.165, 1.54) is 6.92 Å². The second-order valence-electron chi connectivity index (χ2n) is 9.35. The molecule has 13 nitrogen and oxygen atoms in total. The highest BCUT2D eigenvalue weighted by atomic mass is 16.4. The predicted octanol–water partition coefficient (Wildman–Crippen LogP) is -0.925. The van der Waals surface area contributed by atoms with Crippen molar-refractivity contribution in [2.75, 3.05) is 13.1 Å². The Balaban J connectivity index is 1.61. The van der Waals surface area contributed by atoms with E-state index in [4.69, 9.17) is 11.5 Å². The van der Waals surface area contributed by atoms with Gasteiger partial charge in [0.1, 0.15) is 18.1 Å². The molecule has 1 aliphatic heterocycles. The Kier molecular flexibility index (Phi) is 10.0. The summed E-state index contributed by atoms with van der Waals surface area (Å²) in [7, 11) is 0. The Morgan fingerprint density at radius 1 is 1.11 bits per heavy atom. The van der Waals surface area contributed by atoms with Gasteiger partial charge in [-0.05, 0) is 50.8 Å². The van der Waals surface area contributed by atoms with Crippen molar-refractivity contribution in [3.8, 4) is 0 Å². The molecular weight excluding hydrogens is 492 g/mol. The van der Waals surface area contributed by atoms with Gasteiger partial charge in [0.25, 0.3) is 0 Å². The number of hydrogen-bond donors (Lipinski definition) is 8. The molecule has 0 aliphatic carbocycles. The molecule has 1 fully saturated rings. The maximum absolute atomic E-state index is 13.0. The minimum absolute atomic E-state index is 0.0591. The van der Waals surface area contributed by atoms with E-state index in [2.05, 4.69) is 31.2 Å². The Labute approximate surface area is 220 Å². The number of nitrogens with one attached hydrogen (secondary N) is 5. The highest BCUT2D eigenvalue weighted by molar-refractivity contribution is 5.94. The van der Waals surface area contributed by atoms with Gasteiger partial charge in [0, 0.05) is 30.1 Å². The first-order chi connectivity index (χ1) is 18.2. The van der Waals surface area contributed by atoms with E-state index >= 15 is 0 Å². The Bertz CT molecular complexity index is 1170. The predicted molar refractivity (Wildman–Crippen MR) is 142 cm³/mol. The summed E-state index contributed by atoms with van der Waals surface area (Å²) >= 11 is 0. The Morgan fingerprint density at radius 3 is 2.55 bits per heavy atom. The van der Waals surface area contributed by atoms with Gasteiger partial charge in [0.2, 0.25) is 17.7 Å². The van der Waals surface area contributed by atoms with Crippen LogP contribution in [0.25, 0.3) is 10.9 Å². The average molecular weight is 529 g/mol. The van der Waals surface area contributed by atoms with Gasteiger partial charge in [-0.3, -0.25) is 19.4 Å². The molecule has 38 heavy (non-hydrogen) atoms. The van der Waals surface area contributed by atoms with Gasteiger partial charge in [0.05, 0.1) is 6.04 Å². The number of guanidine groups is 1. The standard InChI is InChI=1S/C25H36N8O5/c1-14(21(34)33-20(24(37)38)12-15-13-30-17-7-3-2-6-16(15)17)31-23(36)19(9-5-11-29-25(26)27)32-22(35)18-8-4-10-28-18/h2-3,6-7,13-14,18-20,28,30H,4-5,8-12H2,1H3,(H,31,36)(H,32,35)(H,33,34)(H,37,38)(H4,26,27,29). The van der Waals surface area contributed by atoms with Crippen molar-refractivity contribution in [1.29, 1.82) is 0 Å². The molecule has 0 saturated carbocycles. The summed E-state index contributed by atoms with van der Waals surface area (Å²) in [6.45, 7) is 2.45. The zero-order valence-electron chi connectivity index (χ0n) is 21.3. The monoisotopic (exact) mass is 528 g/mol. The van der Waals surface area contributed by atoms with Gasteiger partial charge < -0.3 is 42.8 Å². The summed E-state index contributed by atoms with van der Waals surface area (Å²) < 4.78 is 0. The number of nitrogens with zero attached hydrogens (tertiary/aromatic N) is 1. The van der Waals surface area contributed by atoms with Crippen LogP contribution in [0, 0.1) is 0 Å². The smallest absolute Gasteiger partial charge is 0.326 e. The van der Waals surface area contributed by atoms with Crippen molar-refractivity contribution in [2.24, 2.45) is 16.5 Å². The van der Waals surface area contributed by atoms with Gasteiger partial charge in [-0.15, -0.1) is 0 Å². The zero-order chi connectivity index (χ0) is 27.7. The van der Waals surface area contributed by atoms with Gasteiger partial charge in [-0.2, -0.15) is 0 Å². The van der Waals surface area contributed by atoms with Gasteiger partial charge in [-0.25, -0.2) is 4.79 Å². The average Bonchev–Trinajstić information content (AvgIpc) is 3.56. The largest absolute Gasteiger partial charge is 0.480 e. The number of aliphatic carboxylic acids is 1. The van der Waals surface area contributed by atoms with Crippen LogP contribution in [0.2, 0.25) is 0 Å². The van der Waals surface area contributed by atoms with Crippen LogP contribution in [-0.2, 0) is 25.6 Å². The van der Waals surface area contributed by atoms with Crippen molar-refractivity contribution >= 4 is 40.6 Å². The van der Waals surface area contributed by atoms with Crippen LogP contribution in [0.3, 0.4) is 0 Å². The number of carbonyl (C=O) groups is 4. The summed E-state index contributed by atoms with van der Waals surface area (Å²) in [6, 6.07) is 3.90. The summed E-state index contributed by atoms with van der Waals surface area (Å²) in [4.78, 5) is 57.4. The molecule has 1 aliphatic rings. The molecule has 10 N–H and O–H groups in total. The van der Waals surface area contributed by atoms with E-state index in [9.17, 15) is 24.3 Å². The molecule has 0 spiro atoms. The molecule has 1 saturated heterocycles. The number of carbonyl (C=O) groups excluding carboxylic acids is 3. The maximum atomic E-state index is 13.0. The van der Waals surface area contributed by atoms with Gasteiger partial charge >= 0.3 is 5.97 Å². The van der Waals surface area contributed by atoms with Crippen molar-refractivity contribution in [3.63, 3.8) is 0 Å². The Morgan fingerprint density at radius 2 is 1.87 bits per heavy atom. The van der Waals surface area contributed by atoms with E-state index < -0.39 is 35.9 Å². The van der Waals surface area contributed by atoms with E-state index in [-0.39, 0.29) is 37.3 Å². The first-order valence-corrected chi connectivity index (χ1v) is 12.6. The number of amides is 3. The van der Waals surface area contributed by atoms with E-state index in [0.29, 0.717) is 12.8 Å². The number of rotatable bonds is 13. The number of hydrogen-bond acceptors (Lipinski definition) is 6. The second kappa shape index (κ2) is 13.4. The molecule has 4 unspecified atom stereocenters. The number of carboxylic acids is 1. The quantitative estimate of drug-likeness (QED) is 0.0921. The van der Waals surface area contributed by atoms with E-state index in [0.717, 1.165) is 29.4 Å². The summed E-state index contributed by atoms with van der Waals surface area (Å²) in [5.74, 6) is -2.79. The first-order valence-electron chi connectivity index (χ1n) is 12.6. The number of benzene rings is 1. The number of aromatic nitrogens is 1. The number of H-pyrrole nitrogens is 1. The summed E-state index contributed by atoms with van der Waals surface area (Å²) in [6.07, 6.45) is 3.96. The van der Waals surface area contributed by atoms with Crippen molar-refractivity contribution < 1.29 is 24.3 Å². The van der Waals surface area contributed by atoms with Crippen molar-refractivity contribution in [3.05, 3.63) is 36.0 Å². The summed E-state index contributed by atoms with van der Waals surface area (Å²) in [5, 5.41) is 21.5. The van der Waals surface area contributed by atoms with Crippen LogP contribution >= 0.6 is 0 Å². The number of aromatic amines is 1. The van der Waals surface area contributed by atoms with Crippen molar-refractivity contribution in [2.45, 2.75) is 63.2 Å².